The van der Waals surface area contributed by atoms with Gasteiger partial charge in [-0.25, -0.2) is 0 Å². The Labute approximate surface area is 65.6 Å². The first kappa shape index (κ1) is 7.73. The van der Waals surface area contributed by atoms with Gasteiger partial charge in [0.1, 0.15) is 20.4 Å². The average Bonchev–Trinajstić information content (AvgIpc) is 2.04. The topological polar surface area (TPSA) is 34.1 Å². The van der Waals surface area contributed by atoms with E-state index in [1.807, 2.05) is 0 Å². The van der Waals surface area contributed by atoms with E-state index in [1.54, 1.807) is 6.07 Å². The maximum Gasteiger partial charge on any atom is 0.150 e. The zero-order valence-electron chi connectivity index (χ0n) is 5.78. The van der Waals surface area contributed by atoms with Gasteiger partial charge in [-0.05, 0) is 0 Å². The van der Waals surface area contributed by atoms with Crippen molar-refractivity contribution in [3.63, 3.8) is 0 Å². The third-order valence-electron chi connectivity index (χ3n) is 1.37. The van der Waals surface area contributed by atoms with Gasteiger partial charge in [0.05, 0.1) is 0 Å². The molecule has 0 fully saturated rings. The van der Waals surface area contributed by atoms with E-state index in [4.69, 9.17) is 7.85 Å². The normalized spacial score (nSPS) is 9.09. The molecule has 0 unspecified atom stereocenters. The van der Waals surface area contributed by atoms with Crippen molar-refractivity contribution in [2.24, 2.45) is 0 Å². The molecule has 0 N–H and O–H groups in total. The lowest BCUT2D eigenvalue weighted by Gasteiger charge is -1.97. The molecule has 1 aromatic carbocycles. The van der Waals surface area contributed by atoms with Gasteiger partial charge in [0.2, 0.25) is 0 Å². The Morgan fingerprint density at radius 3 is 2.36 bits per heavy atom. The first-order chi connectivity index (χ1) is 5.27. The number of aldehydes is 2. The molecule has 11 heavy (non-hydrogen) atoms. The van der Waals surface area contributed by atoms with E-state index >= 15 is 0 Å². The summed E-state index contributed by atoms with van der Waals surface area (Å²) in [7, 11) is 5.42. The molecule has 0 saturated carbocycles. The van der Waals surface area contributed by atoms with Gasteiger partial charge in [-0.2, -0.15) is 0 Å². The fourth-order valence-corrected chi connectivity index (χ4v) is 0.774. The Morgan fingerprint density at radius 2 is 1.91 bits per heavy atom. The molecule has 0 bridgehead atoms. The molecule has 1 rings (SSSR count). The SMILES string of the molecule is [B]c1cc(C=O)ccc1C=O. The molecule has 0 atom stereocenters. The molecular formula is C8H5BO2. The van der Waals surface area contributed by atoms with Crippen LogP contribution < -0.4 is 5.46 Å². The standard InChI is InChI=1S/C8H5BO2/c9-8-3-6(4-10)1-2-7(8)5-11/h1-5H. The molecule has 1 aromatic rings. The van der Waals surface area contributed by atoms with Crippen molar-refractivity contribution < 1.29 is 9.59 Å². The fraction of sp³-hybridized carbons (Fsp3) is 0. The van der Waals surface area contributed by atoms with E-state index in [9.17, 15) is 9.59 Å². The molecule has 0 aliphatic carbocycles. The Bertz CT molecular complexity index is 294. The van der Waals surface area contributed by atoms with Crippen LogP contribution in [0.4, 0.5) is 0 Å². The van der Waals surface area contributed by atoms with Crippen LogP contribution in [0.3, 0.4) is 0 Å². The second-order valence-electron chi connectivity index (χ2n) is 2.12. The first-order valence-electron chi connectivity index (χ1n) is 3.08. The number of benzene rings is 1. The maximum atomic E-state index is 10.3. The van der Waals surface area contributed by atoms with Crippen LogP contribution in [0.1, 0.15) is 20.7 Å². The van der Waals surface area contributed by atoms with E-state index in [2.05, 4.69) is 0 Å². The summed E-state index contributed by atoms with van der Waals surface area (Å²) in [6.07, 6.45) is 1.34. The summed E-state index contributed by atoms with van der Waals surface area (Å²) in [4.78, 5) is 20.5. The Morgan fingerprint density at radius 1 is 1.18 bits per heavy atom. The number of hydrogen-bond donors (Lipinski definition) is 0. The van der Waals surface area contributed by atoms with E-state index in [-0.39, 0.29) is 0 Å². The van der Waals surface area contributed by atoms with E-state index in [0.717, 1.165) is 0 Å². The second kappa shape index (κ2) is 3.15. The van der Waals surface area contributed by atoms with Crippen molar-refractivity contribution in [1.29, 1.82) is 0 Å². The third kappa shape index (κ3) is 1.55. The summed E-state index contributed by atoms with van der Waals surface area (Å²) < 4.78 is 0. The quantitative estimate of drug-likeness (QED) is 0.435. The minimum absolute atomic E-state index is 0.338. The molecule has 0 amide bonds. The van der Waals surface area contributed by atoms with E-state index in [1.165, 1.54) is 12.1 Å². The Kier molecular flexibility index (Phi) is 2.21. The molecule has 0 heterocycles. The Balaban J connectivity index is 3.18. The summed E-state index contributed by atoms with van der Waals surface area (Å²) in [5.74, 6) is 0. The van der Waals surface area contributed by atoms with Gasteiger partial charge < -0.3 is 0 Å². The molecule has 2 radical (unpaired) electrons. The second-order valence-corrected chi connectivity index (χ2v) is 2.12. The van der Waals surface area contributed by atoms with Gasteiger partial charge >= 0.3 is 0 Å². The van der Waals surface area contributed by atoms with Crippen molar-refractivity contribution >= 4 is 25.9 Å². The van der Waals surface area contributed by atoms with Crippen LogP contribution >= 0.6 is 0 Å². The molecule has 2 nitrogen and oxygen atoms in total. The lowest BCUT2D eigenvalue weighted by molar-refractivity contribution is 0.111. The third-order valence-corrected chi connectivity index (χ3v) is 1.37. The molecule has 0 aromatic heterocycles. The average molecular weight is 144 g/mol. The van der Waals surface area contributed by atoms with Crippen LogP contribution in [0, 0.1) is 0 Å². The number of carbonyl (C=O) groups is 2. The van der Waals surface area contributed by atoms with Crippen molar-refractivity contribution in [2.45, 2.75) is 0 Å². The van der Waals surface area contributed by atoms with Crippen molar-refractivity contribution in [2.75, 3.05) is 0 Å². The fourth-order valence-electron chi connectivity index (χ4n) is 0.774. The zero-order chi connectivity index (χ0) is 8.27. The highest BCUT2D eigenvalue weighted by Crippen LogP contribution is 1.95. The van der Waals surface area contributed by atoms with Crippen LogP contribution in [0.2, 0.25) is 0 Å². The summed E-state index contributed by atoms with van der Waals surface area (Å²) >= 11 is 0. The van der Waals surface area contributed by atoms with Gasteiger partial charge in [-0.3, -0.25) is 9.59 Å². The molecule has 0 aliphatic heterocycles. The van der Waals surface area contributed by atoms with Gasteiger partial charge in [-0.15, -0.1) is 0 Å². The van der Waals surface area contributed by atoms with Crippen molar-refractivity contribution in [3.8, 4) is 0 Å². The highest BCUT2D eigenvalue weighted by atomic mass is 16.1. The lowest BCUT2D eigenvalue weighted by atomic mass is 9.90. The van der Waals surface area contributed by atoms with Crippen molar-refractivity contribution in [1.82, 2.24) is 0 Å². The first-order valence-corrected chi connectivity index (χ1v) is 3.08. The number of hydrogen-bond acceptors (Lipinski definition) is 2. The van der Waals surface area contributed by atoms with Crippen LogP contribution in [0.25, 0.3) is 0 Å². The molecule has 0 saturated heterocycles. The molecule has 52 valence electrons. The highest BCUT2D eigenvalue weighted by Gasteiger charge is 1.96. The van der Waals surface area contributed by atoms with Gasteiger partial charge in [-0.1, -0.05) is 23.7 Å². The minimum Gasteiger partial charge on any atom is -0.298 e. The van der Waals surface area contributed by atoms with E-state index < -0.39 is 0 Å². The zero-order valence-corrected chi connectivity index (χ0v) is 5.78. The largest absolute Gasteiger partial charge is 0.298 e. The van der Waals surface area contributed by atoms with E-state index in [0.29, 0.717) is 29.2 Å². The molecule has 0 aliphatic rings. The molecule has 3 heteroatoms. The minimum atomic E-state index is 0.338. The number of rotatable bonds is 2. The predicted molar refractivity (Wildman–Crippen MR) is 42.6 cm³/mol. The van der Waals surface area contributed by atoms with Crippen molar-refractivity contribution in [3.05, 3.63) is 29.3 Å². The molecular weight excluding hydrogens is 139 g/mol. The summed E-state index contributed by atoms with van der Waals surface area (Å²) in [5, 5.41) is 0. The Hall–Kier alpha value is -1.38. The van der Waals surface area contributed by atoms with Crippen LogP contribution in [0.5, 0.6) is 0 Å². The van der Waals surface area contributed by atoms with Crippen LogP contribution in [-0.2, 0) is 0 Å². The smallest absolute Gasteiger partial charge is 0.150 e. The van der Waals surface area contributed by atoms with Crippen LogP contribution in [-0.4, -0.2) is 20.4 Å². The lowest BCUT2D eigenvalue weighted by Crippen LogP contribution is -2.10. The molecule has 0 spiro atoms. The number of carbonyl (C=O) groups excluding carboxylic acids is 2. The maximum absolute atomic E-state index is 10.3. The van der Waals surface area contributed by atoms with Crippen LogP contribution in [0.15, 0.2) is 18.2 Å². The predicted octanol–water partition coefficient (Wildman–Crippen LogP) is 0.105. The monoisotopic (exact) mass is 144 g/mol. The highest BCUT2D eigenvalue weighted by molar-refractivity contribution is 6.35. The van der Waals surface area contributed by atoms with Gasteiger partial charge in [0, 0.05) is 11.1 Å². The summed E-state index contributed by atoms with van der Waals surface area (Å²) in [6.45, 7) is 0. The van der Waals surface area contributed by atoms with Gasteiger partial charge in [0.25, 0.3) is 0 Å². The van der Waals surface area contributed by atoms with Gasteiger partial charge in [0.15, 0.2) is 0 Å². The summed E-state index contributed by atoms with van der Waals surface area (Å²) in [6, 6.07) is 4.54. The summed E-state index contributed by atoms with van der Waals surface area (Å²) in [5.41, 5.74) is 1.23.